The predicted octanol–water partition coefficient (Wildman–Crippen LogP) is 2.91. The Kier molecular flexibility index (Phi) is 6.22. The predicted molar refractivity (Wildman–Crippen MR) is 78.5 cm³/mol. The van der Waals surface area contributed by atoms with Crippen LogP contribution in [0.4, 0.5) is 0 Å². The van der Waals surface area contributed by atoms with Crippen LogP contribution >= 0.6 is 0 Å². The molecule has 1 rings (SSSR count). The van der Waals surface area contributed by atoms with Crippen LogP contribution in [0.5, 0.6) is 0 Å². The second kappa shape index (κ2) is 7.68. The van der Waals surface area contributed by atoms with Gasteiger partial charge in [-0.15, -0.1) is 0 Å². The topological polar surface area (TPSA) is 57.6 Å². The smallest absolute Gasteiger partial charge is 0.303 e. The Labute approximate surface area is 120 Å². The zero-order valence-electron chi connectivity index (χ0n) is 12.5. The molecule has 0 radical (unpaired) electrons. The molecule has 1 N–H and O–H groups in total. The third-order valence-corrected chi connectivity index (χ3v) is 3.37. The Morgan fingerprint density at radius 1 is 1.15 bits per heavy atom. The number of rotatable bonds is 7. The minimum Gasteiger partial charge on any atom is -0.481 e. The SMILES string of the molecule is Cc1ccc(C)c(CN(C)C(=O)CCCCC(=O)O)c1. The number of hydrogen-bond acceptors (Lipinski definition) is 2. The van der Waals surface area contributed by atoms with E-state index in [-0.39, 0.29) is 12.3 Å². The van der Waals surface area contributed by atoms with Crippen molar-refractivity contribution in [2.45, 2.75) is 46.1 Å². The number of nitrogens with zero attached hydrogens (tertiary/aromatic N) is 1. The lowest BCUT2D eigenvalue weighted by Gasteiger charge is -2.19. The third kappa shape index (κ3) is 5.43. The maximum atomic E-state index is 12.0. The van der Waals surface area contributed by atoms with Crippen molar-refractivity contribution < 1.29 is 14.7 Å². The van der Waals surface area contributed by atoms with Crippen molar-refractivity contribution in [1.82, 2.24) is 4.90 Å². The molecule has 4 nitrogen and oxygen atoms in total. The average Bonchev–Trinajstić information content (AvgIpc) is 2.38. The van der Waals surface area contributed by atoms with Crippen molar-refractivity contribution in [2.75, 3.05) is 7.05 Å². The molecule has 0 spiro atoms. The lowest BCUT2D eigenvalue weighted by Crippen LogP contribution is -2.26. The Morgan fingerprint density at radius 3 is 2.45 bits per heavy atom. The van der Waals surface area contributed by atoms with E-state index in [4.69, 9.17) is 5.11 Å². The molecule has 0 atom stereocenters. The van der Waals surface area contributed by atoms with Gasteiger partial charge in [0, 0.05) is 26.4 Å². The molecule has 1 aromatic carbocycles. The zero-order chi connectivity index (χ0) is 15.1. The molecule has 0 aliphatic carbocycles. The summed E-state index contributed by atoms with van der Waals surface area (Å²) < 4.78 is 0. The van der Waals surface area contributed by atoms with Crippen LogP contribution in [0.2, 0.25) is 0 Å². The van der Waals surface area contributed by atoms with Gasteiger partial charge in [0.1, 0.15) is 0 Å². The van der Waals surface area contributed by atoms with Gasteiger partial charge in [-0.2, -0.15) is 0 Å². The fourth-order valence-electron chi connectivity index (χ4n) is 2.06. The molecule has 0 aliphatic heterocycles. The minimum atomic E-state index is -0.804. The number of aliphatic carboxylic acids is 1. The maximum absolute atomic E-state index is 12.0. The van der Waals surface area contributed by atoms with Crippen molar-refractivity contribution >= 4 is 11.9 Å². The summed E-state index contributed by atoms with van der Waals surface area (Å²) >= 11 is 0. The number of aryl methyl sites for hydroxylation is 2. The van der Waals surface area contributed by atoms with Crippen LogP contribution in [0.3, 0.4) is 0 Å². The number of carboxylic acids is 1. The Balaban J connectivity index is 2.45. The molecule has 110 valence electrons. The van der Waals surface area contributed by atoms with Crippen LogP contribution in [0.25, 0.3) is 0 Å². The van der Waals surface area contributed by atoms with E-state index in [1.807, 2.05) is 13.8 Å². The fraction of sp³-hybridized carbons (Fsp3) is 0.500. The Morgan fingerprint density at radius 2 is 1.80 bits per heavy atom. The highest BCUT2D eigenvalue weighted by Crippen LogP contribution is 2.13. The van der Waals surface area contributed by atoms with E-state index in [1.54, 1.807) is 11.9 Å². The Bertz CT molecular complexity index is 483. The molecule has 0 saturated carbocycles. The number of carbonyl (C=O) groups is 2. The first-order valence-electron chi connectivity index (χ1n) is 6.92. The van der Waals surface area contributed by atoms with Gasteiger partial charge < -0.3 is 10.0 Å². The summed E-state index contributed by atoms with van der Waals surface area (Å²) in [5.41, 5.74) is 3.53. The number of amides is 1. The van der Waals surface area contributed by atoms with Crippen LogP contribution < -0.4 is 0 Å². The molecule has 0 aliphatic rings. The summed E-state index contributed by atoms with van der Waals surface area (Å²) in [4.78, 5) is 24.1. The number of carbonyl (C=O) groups excluding carboxylic acids is 1. The molecule has 0 heterocycles. The highest BCUT2D eigenvalue weighted by Gasteiger charge is 2.10. The fourth-order valence-corrected chi connectivity index (χ4v) is 2.06. The molecule has 20 heavy (non-hydrogen) atoms. The van der Waals surface area contributed by atoms with Gasteiger partial charge in [-0.1, -0.05) is 23.8 Å². The van der Waals surface area contributed by atoms with Gasteiger partial charge in [-0.3, -0.25) is 9.59 Å². The van der Waals surface area contributed by atoms with Gasteiger partial charge in [0.25, 0.3) is 0 Å². The molecule has 1 amide bonds. The molecular formula is C16H23NO3. The summed E-state index contributed by atoms with van der Waals surface area (Å²) in [6.45, 7) is 4.68. The average molecular weight is 277 g/mol. The lowest BCUT2D eigenvalue weighted by atomic mass is 10.1. The van der Waals surface area contributed by atoms with E-state index in [0.29, 0.717) is 25.8 Å². The van der Waals surface area contributed by atoms with Crippen LogP contribution in [-0.4, -0.2) is 28.9 Å². The quantitative estimate of drug-likeness (QED) is 0.780. The summed E-state index contributed by atoms with van der Waals surface area (Å²) in [6.07, 6.45) is 1.73. The molecule has 0 aromatic heterocycles. The number of benzene rings is 1. The van der Waals surface area contributed by atoms with Gasteiger partial charge in [0.05, 0.1) is 0 Å². The summed E-state index contributed by atoms with van der Waals surface area (Å²) in [5, 5.41) is 8.54. The largest absolute Gasteiger partial charge is 0.481 e. The summed E-state index contributed by atoms with van der Waals surface area (Å²) in [6, 6.07) is 6.23. The number of carboxylic acid groups (broad SMARTS) is 1. The molecule has 0 saturated heterocycles. The zero-order valence-corrected chi connectivity index (χ0v) is 12.5. The number of hydrogen-bond donors (Lipinski definition) is 1. The maximum Gasteiger partial charge on any atom is 0.303 e. The Hall–Kier alpha value is -1.84. The van der Waals surface area contributed by atoms with Crippen LogP contribution in [0, 0.1) is 13.8 Å². The van der Waals surface area contributed by atoms with Crippen LogP contribution in [0.15, 0.2) is 18.2 Å². The monoisotopic (exact) mass is 277 g/mol. The first-order chi connectivity index (χ1) is 9.40. The van der Waals surface area contributed by atoms with Crippen LogP contribution in [-0.2, 0) is 16.1 Å². The van der Waals surface area contributed by atoms with E-state index in [0.717, 1.165) is 5.56 Å². The van der Waals surface area contributed by atoms with E-state index >= 15 is 0 Å². The van der Waals surface area contributed by atoms with Crippen molar-refractivity contribution in [3.8, 4) is 0 Å². The standard InChI is InChI=1S/C16H23NO3/c1-12-8-9-13(2)14(10-12)11-17(3)15(18)6-4-5-7-16(19)20/h8-10H,4-7,11H2,1-3H3,(H,19,20). The van der Waals surface area contributed by atoms with Crippen molar-refractivity contribution in [3.63, 3.8) is 0 Å². The highest BCUT2D eigenvalue weighted by atomic mass is 16.4. The molecule has 4 heteroatoms. The van der Waals surface area contributed by atoms with Gasteiger partial charge in [-0.25, -0.2) is 0 Å². The molecule has 0 bridgehead atoms. The van der Waals surface area contributed by atoms with E-state index in [1.165, 1.54) is 11.1 Å². The third-order valence-electron chi connectivity index (χ3n) is 3.37. The normalized spacial score (nSPS) is 10.3. The summed E-state index contributed by atoms with van der Waals surface area (Å²) in [5.74, 6) is -0.738. The van der Waals surface area contributed by atoms with Crippen molar-refractivity contribution in [2.24, 2.45) is 0 Å². The van der Waals surface area contributed by atoms with Gasteiger partial charge in [-0.05, 0) is 37.8 Å². The van der Waals surface area contributed by atoms with E-state index in [2.05, 4.69) is 18.2 Å². The lowest BCUT2D eigenvalue weighted by molar-refractivity contribution is -0.137. The van der Waals surface area contributed by atoms with Crippen molar-refractivity contribution in [3.05, 3.63) is 34.9 Å². The molecule has 0 fully saturated rings. The minimum absolute atomic E-state index is 0.0660. The highest BCUT2D eigenvalue weighted by molar-refractivity contribution is 5.76. The first-order valence-corrected chi connectivity index (χ1v) is 6.92. The first kappa shape index (κ1) is 16.2. The second-order valence-electron chi connectivity index (χ2n) is 5.28. The molecule has 0 unspecified atom stereocenters. The van der Waals surface area contributed by atoms with E-state index < -0.39 is 5.97 Å². The van der Waals surface area contributed by atoms with Gasteiger partial charge in [0.2, 0.25) is 5.91 Å². The van der Waals surface area contributed by atoms with E-state index in [9.17, 15) is 9.59 Å². The second-order valence-corrected chi connectivity index (χ2v) is 5.28. The summed E-state index contributed by atoms with van der Waals surface area (Å²) in [7, 11) is 1.79. The van der Waals surface area contributed by atoms with Gasteiger partial charge in [0.15, 0.2) is 0 Å². The molecule has 1 aromatic rings. The van der Waals surface area contributed by atoms with Crippen molar-refractivity contribution in [1.29, 1.82) is 0 Å². The molecular weight excluding hydrogens is 254 g/mol. The van der Waals surface area contributed by atoms with Crippen LogP contribution in [0.1, 0.15) is 42.4 Å². The van der Waals surface area contributed by atoms with Gasteiger partial charge >= 0.3 is 5.97 Å². The number of unbranched alkanes of at least 4 members (excludes halogenated alkanes) is 1.